The topological polar surface area (TPSA) is 76.1 Å². The lowest BCUT2D eigenvalue weighted by atomic mass is 10.2. The second kappa shape index (κ2) is 9.64. The molecule has 0 saturated carbocycles. The maximum Gasteiger partial charge on any atom is 0.246 e. The number of carbonyl (C=O) groups excluding carboxylic acids is 1. The highest BCUT2D eigenvalue weighted by Crippen LogP contribution is 2.19. The molecule has 0 aliphatic rings. The minimum atomic E-state index is -0.130. The summed E-state index contributed by atoms with van der Waals surface area (Å²) < 4.78 is 5.43. The fraction of sp³-hybridized carbons (Fsp3) is 0.286. The van der Waals surface area contributed by atoms with Gasteiger partial charge in [0.05, 0.1) is 12.1 Å². The minimum Gasteiger partial charge on any atom is -0.368 e. The fourth-order valence-corrected chi connectivity index (χ4v) is 2.69. The van der Waals surface area contributed by atoms with Crippen LogP contribution in [0.15, 0.2) is 54.6 Å². The molecule has 6 nitrogen and oxygen atoms in total. The largest absolute Gasteiger partial charge is 0.368 e. The predicted molar refractivity (Wildman–Crippen MR) is 107 cm³/mol. The second-order valence-electron chi connectivity index (χ2n) is 6.11. The third-order valence-corrected chi connectivity index (χ3v) is 4.05. The van der Waals surface area contributed by atoms with Gasteiger partial charge in [-0.05, 0) is 17.7 Å². The summed E-state index contributed by atoms with van der Waals surface area (Å²) in [6.07, 6.45) is 0.773. The molecule has 0 aliphatic carbocycles. The third-order valence-electron chi connectivity index (χ3n) is 4.05. The molecule has 1 amide bonds. The molecule has 0 fully saturated rings. The van der Waals surface area contributed by atoms with Gasteiger partial charge in [0.15, 0.2) is 0 Å². The number of ether oxygens (including phenoxy) is 1. The minimum absolute atomic E-state index is 0.0469. The molecule has 0 spiro atoms. The lowest BCUT2D eigenvalue weighted by molar-refractivity contribution is -0.126. The normalized spacial score (nSPS) is 10.7. The van der Waals surface area contributed by atoms with Crippen molar-refractivity contribution < 1.29 is 9.53 Å². The summed E-state index contributed by atoms with van der Waals surface area (Å²) in [5.41, 5.74) is 1.97. The SMILES string of the molecule is CCc1nc(NCCNC(=O)COCc2ccccc2)c2ccccc2n1. The third kappa shape index (κ3) is 5.49. The molecular weight excluding hydrogens is 340 g/mol. The van der Waals surface area contributed by atoms with Gasteiger partial charge in [0.2, 0.25) is 5.91 Å². The standard InChI is InChI=1S/C21H24N4O2/c1-2-19-24-18-11-7-6-10-17(18)21(25-19)23-13-12-22-20(26)15-27-14-16-8-4-3-5-9-16/h3-11H,2,12-15H2,1H3,(H,22,26)(H,23,24,25). The van der Waals surface area contributed by atoms with Gasteiger partial charge in [-0.1, -0.05) is 49.4 Å². The molecule has 3 rings (SSSR count). The molecule has 27 heavy (non-hydrogen) atoms. The highest BCUT2D eigenvalue weighted by atomic mass is 16.5. The van der Waals surface area contributed by atoms with E-state index in [9.17, 15) is 4.79 Å². The Morgan fingerprint density at radius 1 is 1.00 bits per heavy atom. The van der Waals surface area contributed by atoms with Gasteiger partial charge in [-0.3, -0.25) is 4.79 Å². The first-order chi connectivity index (χ1) is 13.3. The highest BCUT2D eigenvalue weighted by Gasteiger charge is 2.06. The second-order valence-corrected chi connectivity index (χ2v) is 6.11. The predicted octanol–water partition coefficient (Wildman–Crippen LogP) is 2.94. The van der Waals surface area contributed by atoms with Crippen LogP contribution >= 0.6 is 0 Å². The van der Waals surface area contributed by atoms with E-state index in [1.54, 1.807) is 0 Å². The van der Waals surface area contributed by atoms with Crippen molar-refractivity contribution in [3.63, 3.8) is 0 Å². The molecule has 0 radical (unpaired) electrons. The Balaban J connectivity index is 1.43. The molecule has 3 aromatic rings. The summed E-state index contributed by atoms with van der Waals surface area (Å²) in [7, 11) is 0. The first-order valence-electron chi connectivity index (χ1n) is 9.14. The number of amides is 1. The number of carbonyl (C=O) groups is 1. The zero-order chi connectivity index (χ0) is 18.9. The lowest BCUT2D eigenvalue weighted by Crippen LogP contribution is -2.31. The van der Waals surface area contributed by atoms with E-state index in [0.717, 1.165) is 34.5 Å². The molecule has 0 atom stereocenters. The average Bonchev–Trinajstić information content (AvgIpc) is 2.71. The fourth-order valence-electron chi connectivity index (χ4n) is 2.69. The van der Waals surface area contributed by atoms with Gasteiger partial charge in [-0.25, -0.2) is 9.97 Å². The van der Waals surface area contributed by atoms with E-state index in [-0.39, 0.29) is 12.5 Å². The number of para-hydroxylation sites is 1. The van der Waals surface area contributed by atoms with E-state index in [1.807, 2.05) is 61.5 Å². The molecular formula is C21H24N4O2. The Morgan fingerprint density at radius 3 is 2.59 bits per heavy atom. The van der Waals surface area contributed by atoms with Crippen LogP contribution in [0.5, 0.6) is 0 Å². The quantitative estimate of drug-likeness (QED) is 0.571. The van der Waals surface area contributed by atoms with Crippen LogP contribution in [0.3, 0.4) is 0 Å². The maximum absolute atomic E-state index is 11.9. The number of aryl methyl sites for hydroxylation is 1. The molecule has 1 heterocycles. The van der Waals surface area contributed by atoms with E-state index < -0.39 is 0 Å². The van der Waals surface area contributed by atoms with Crippen LogP contribution < -0.4 is 10.6 Å². The number of nitrogens with zero attached hydrogens (tertiary/aromatic N) is 2. The van der Waals surface area contributed by atoms with Crippen molar-refractivity contribution in [2.75, 3.05) is 25.0 Å². The average molecular weight is 364 g/mol. The first-order valence-corrected chi connectivity index (χ1v) is 9.14. The van der Waals surface area contributed by atoms with Gasteiger partial charge in [0, 0.05) is 24.9 Å². The summed E-state index contributed by atoms with van der Waals surface area (Å²) in [6.45, 7) is 3.58. The van der Waals surface area contributed by atoms with Crippen molar-refractivity contribution >= 4 is 22.6 Å². The number of anilines is 1. The Labute approximate surface area is 159 Å². The Morgan fingerprint density at radius 2 is 1.78 bits per heavy atom. The number of fused-ring (bicyclic) bond motifs is 1. The zero-order valence-corrected chi connectivity index (χ0v) is 15.4. The molecule has 1 aromatic heterocycles. The van der Waals surface area contributed by atoms with Crippen LogP contribution in [-0.2, 0) is 22.6 Å². The van der Waals surface area contributed by atoms with Crippen LogP contribution in [0.1, 0.15) is 18.3 Å². The maximum atomic E-state index is 11.9. The van der Waals surface area contributed by atoms with Crippen molar-refractivity contribution in [1.29, 1.82) is 0 Å². The van der Waals surface area contributed by atoms with E-state index in [0.29, 0.717) is 19.7 Å². The van der Waals surface area contributed by atoms with Crippen molar-refractivity contribution in [2.45, 2.75) is 20.0 Å². The van der Waals surface area contributed by atoms with Gasteiger partial charge in [-0.2, -0.15) is 0 Å². The van der Waals surface area contributed by atoms with E-state index in [4.69, 9.17) is 4.74 Å². The monoisotopic (exact) mass is 364 g/mol. The highest BCUT2D eigenvalue weighted by molar-refractivity contribution is 5.89. The zero-order valence-electron chi connectivity index (χ0n) is 15.4. The summed E-state index contributed by atoms with van der Waals surface area (Å²) in [5, 5.41) is 7.12. The van der Waals surface area contributed by atoms with Crippen molar-refractivity contribution in [1.82, 2.24) is 15.3 Å². The molecule has 140 valence electrons. The van der Waals surface area contributed by atoms with Gasteiger partial charge in [0.1, 0.15) is 18.2 Å². The van der Waals surface area contributed by atoms with E-state index in [2.05, 4.69) is 20.6 Å². The summed E-state index contributed by atoms with van der Waals surface area (Å²) >= 11 is 0. The molecule has 0 aliphatic heterocycles. The van der Waals surface area contributed by atoms with Gasteiger partial charge >= 0.3 is 0 Å². The Hall–Kier alpha value is -2.99. The Bertz CT molecular complexity index is 884. The van der Waals surface area contributed by atoms with Gasteiger partial charge < -0.3 is 15.4 Å². The number of rotatable bonds is 9. The van der Waals surface area contributed by atoms with Gasteiger partial charge in [0.25, 0.3) is 0 Å². The van der Waals surface area contributed by atoms with Crippen molar-refractivity contribution in [3.8, 4) is 0 Å². The van der Waals surface area contributed by atoms with Crippen molar-refractivity contribution in [2.24, 2.45) is 0 Å². The summed E-state index contributed by atoms with van der Waals surface area (Å²) in [5.74, 6) is 1.47. The number of nitrogens with one attached hydrogen (secondary N) is 2. The number of aromatic nitrogens is 2. The smallest absolute Gasteiger partial charge is 0.246 e. The van der Waals surface area contributed by atoms with E-state index in [1.165, 1.54) is 0 Å². The van der Waals surface area contributed by atoms with Crippen LogP contribution in [0.25, 0.3) is 10.9 Å². The molecule has 2 aromatic carbocycles. The first kappa shape index (κ1) is 18.8. The van der Waals surface area contributed by atoms with Crippen molar-refractivity contribution in [3.05, 3.63) is 66.0 Å². The number of benzene rings is 2. The Kier molecular flexibility index (Phi) is 6.71. The summed E-state index contributed by atoms with van der Waals surface area (Å²) in [6, 6.07) is 17.7. The van der Waals surface area contributed by atoms with Crippen LogP contribution in [0.4, 0.5) is 5.82 Å². The van der Waals surface area contributed by atoms with Crippen LogP contribution in [-0.4, -0.2) is 35.6 Å². The number of hydrogen-bond acceptors (Lipinski definition) is 5. The lowest BCUT2D eigenvalue weighted by Gasteiger charge is -2.11. The van der Waals surface area contributed by atoms with Crippen LogP contribution in [0.2, 0.25) is 0 Å². The molecule has 0 unspecified atom stereocenters. The summed E-state index contributed by atoms with van der Waals surface area (Å²) in [4.78, 5) is 21.0. The number of hydrogen-bond donors (Lipinski definition) is 2. The van der Waals surface area contributed by atoms with Crippen LogP contribution in [0, 0.1) is 0 Å². The molecule has 2 N–H and O–H groups in total. The molecule has 0 bridgehead atoms. The van der Waals surface area contributed by atoms with E-state index >= 15 is 0 Å². The molecule has 0 saturated heterocycles. The van der Waals surface area contributed by atoms with Gasteiger partial charge in [-0.15, -0.1) is 0 Å². The molecule has 6 heteroatoms.